The molecule has 4 nitrogen and oxygen atoms in total. The monoisotopic (exact) mass is 277 g/mol. The van der Waals surface area contributed by atoms with Crippen molar-refractivity contribution in [1.82, 2.24) is 0 Å². The lowest BCUT2D eigenvalue weighted by atomic mass is 10.1. The zero-order valence-electron chi connectivity index (χ0n) is 10.6. The molecule has 0 fully saturated rings. The average Bonchev–Trinajstić information content (AvgIpc) is 2.95. The number of methoxy groups -OCH3 is 1. The molecule has 100 valence electrons. The van der Waals surface area contributed by atoms with E-state index >= 15 is 0 Å². The van der Waals surface area contributed by atoms with Crippen LogP contribution in [-0.4, -0.2) is 20.3 Å². The summed E-state index contributed by atoms with van der Waals surface area (Å²) < 4.78 is 16.3. The van der Waals surface area contributed by atoms with Crippen molar-refractivity contribution in [2.24, 2.45) is 5.73 Å². The Morgan fingerprint density at radius 3 is 2.74 bits per heavy atom. The predicted molar refractivity (Wildman–Crippen MR) is 74.3 cm³/mol. The van der Waals surface area contributed by atoms with Crippen molar-refractivity contribution in [2.75, 3.05) is 20.3 Å². The molecule has 0 bridgehead atoms. The van der Waals surface area contributed by atoms with Crippen LogP contribution >= 0.6 is 11.3 Å². The van der Waals surface area contributed by atoms with Crippen molar-refractivity contribution < 1.29 is 14.2 Å². The first-order valence-corrected chi connectivity index (χ1v) is 6.93. The maximum atomic E-state index is 6.28. The van der Waals surface area contributed by atoms with Gasteiger partial charge in [0.25, 0.3) is 0 Å². The first kappa shape index (κ1) is 12.3. The summed E-state index contributed by atoms with van der Waals surface area (Å²) in [6.45, 7) is 1.18. The number of thiophene rings is 1. The Balaban J connectivity index is 1.88. The number of rotatable bonds is 3. The van der Waals surface area contributed by atoms with E-state index in [1.165, 1.54) is 0 Å². The van der Waals surface area contributed by atoms with Gasteiger partial charge in [-0.2, -0.15) is 0 Å². The molecule has 2 aromatic rings. The second kappa shape index (κ2) is 5.11. The van der Waals surface area contributed by atoms with E-state index in [1.54, 1.807) is 18.4 Å². The van der Waals surface area contributed by atoms with Gasteiger partial charge >= 0.3 is 0 Å². The lowest BCUT2D eigenvalue weighted by Gasteiger charge is -2.20. The maximum absolute atomic E-state index is 6.28. The Bertz CT molecular complexity index is 582. The number of hydrogen-bond donors (Lipinski definition) is 1. The van der Waals surface area contributed by atoms with Crippen molar-refractivity contribution in [3.05, 3.63) is 40.1 Å². The van der Waals surface area contributed by atoms with Crippen molar-refractivity contribution in [3.8, 4) is 17.2 Å². The van der Waals surface area contributed by atoms with Gasteiger partial charge in [-0.3, -0.25) is 0 Å². The van der Waals surface area contributed by atoms with E-state index in [2.05, 4.69) is 0 Å². The van der Waals surface area contributed by atoms with Crippen LogP contribution in [0.15, 0.2) is 29.6 Å². The Kier molecular flexibility index (Phi) is 3.31. The van der Waals surface area contributed by atoms with Crippen LogP contribution in [0.4, 0.5) is 0 Å². The second-order valence-electron chi connectivity index (χ2n) is 4.27. The zero-order chi connectivity index (χ0) is 13.2. The SMILES string of the molecule is COc1csc(C(N)c2ccc3c(c2)OCCO3)c1. The van der Waals surface area contributed by atoms with E-state index in [0.29, 0.717) is 13.2 Å². The Labute approximate surface area is 115 Å². The van der Waals surface area contributed by atoms with Crippen LogP contribution in [-0.2, 0) is 0 Å². The molecular formula is C14H15NO3S. The van der Waals surface area contributed by atoms with Crippen LogP contribution in [0.25, 0.3) is 0 Å². The topological polar surface area (TPSA) is 53.7 Å². The highest BCUT2D eigenvalue weighted by Crippen LogP contribution is 2.35. The van der Waals surface area contributed by atoms with E-state index in [0.717, 1.165) is 27.7 Å². The van der Waals surface area contributed by atoms with Gasteiger partial charge in [0, 0.05) is 10.3 Å². The van der Waals surface area contributed by atoms with Gasteiger partial charge in [0.15, 0.2) is 11.5 Å². The number of nitrogens with two attached hydrogens (primary N) is 1. The molecular weight excluding hydrogens is 262 g/mol. The summed E-state index contributed by atoms with van der Waals surface area (Å²) in [6.07, 6.45) is 0. The van der Waals surface area contributed by atoms with Crippen LogP contribution in [0.2, 0.25) is 0 Å². The molecule has 2 N–H and O–H groups in total. The molecule has 1 atom stereocenters. The van der Waals surface area contributed by atoms with Crippen molar-refractivity contribution >= 4 is 11.3 Å². The molecule has 3 rings (SSSR count). The molecule has 2 heterocycles. The smallest absolute Gasteiger partial charge is 0.161 e. The molecule has 0 amide bonds. The van der Waals surface area contributed by atoms with E-state index in [1.807, 2.05) is 29.6 Å². The molecule has 0 aliphatic carbocycles. The molecule has 0 radical (unpaired) electrons. The zero-order valence-corrected chi connectivity index (χ0v) is 11.4. The molecule has 1 aliphatic rings. The number of ether oxygens (including phenoxy) is 3. The highest BCUT2D eigenvalue weighted by Gasteiger charge is 2.17. The summed E-state index contributed by atoms with van der Waals surface area (Å²) in [5.41, 5.74) is 7.28. The normalized spacial score (nSPS) is 15.1. The van der Waals surface area contributed by atoms with Crippen LogP contribution in [0, 0.1) is 0 Å². The average molecular weight is 277 g/mol. The summed E-state index contributed by atoms with van der Waals surface area (Å²) >= 11 is 1.59. The molecule has 1 aromatic heterocycles. The van der Waals surface area contributed by atoms with E-state index in [-0.39, 0.29) is 6.04 Å². The summed E-state index contributed by atoms with van der Waals surface area (Å²) in [4.78, 5) is 1.06. The number of hydrogen-bond acceptors (Lipinski definition) is 5. The third-order valence-electron chi connectivity index (χ3n) is 3.06. The lowest BCUT2D eigenvalue weighted by Crippen LogP contribution is -2.16. The van der Waals surface area contributed by atoms with Crippen molar-refractivity contribution in [1.29, 1.82) is 0 Å². The quantitative estimate of drug-likeness (QED) is 0.937. The molecule has 0 spiro atoms. The van der Waals surface area contributed by atoms with Gasteiger partial charge in [-0.15, -0.1) is 11.3 Å². The predicted octanol–water partition coefficient (Wildman–Crippen LogP) is 2.58. The second-order valence-corrected chi connectivity index (χ2v) is 5.21. The minimum absolute atomic E-state index is 0.176. The van der Waals surface area contributed by atoms with Crippen LogP contribution < -0.4 is 19.9 Å². The summed E-state index contributed by atoms with van der Waals surface area (Å²) in [5, 5.41) is 1.95. The highest BCUT2D eigenvalue weighted by atomic mass is 32.1. The summed E-state index contributed by atoms with van der Waals surface area (Å²) in [5.74, 6) is 2.39. The maximum Gasteiger partial charge on any atom is 0.161 e. The molecule has 1 unspecified atom stereocenters. The first-order chi connectivity index (χ1) is 9.28. The fourth-order valence-corrected chi connectivity index (χ4v) is 2.91. The van der Waals surface area contributed by atoms with Crippen molar-refractivity contribution in [2.45, 2.75) is 6.04 Å². The standard InChI is InChI=1S/C14H15NO3S/c1-16-10-7-13(19-8-10)14(15)9-2-3-11-12(6-9)18-5-4-17-11/h2-3,6-8,14H,4-5,15H2,1H3. The van der Waals surface area contributed by atoms with Crippen LogP contribution in [0.1, 0.15) is 16.5 Å². The fourth-order valence-electron chi connectivity index (χ4n) is 2.02. The van der Waals surface area contributed by atoms with Crippen LogP contribution in [0.5, 0.6) is 17.2 Å². The molecule has 19 heavy (non-hydrogen) atoms. The molecule has 5 heteroatoms. The fraction of sp³-hybridized carbons (Fsp3) is 0.286. The summed E-state index contributed by atoms with van der Waals surface area (Å²) in [7, 11) is 1.65. The highest BCUT2D eigenvalue weighted by molar-refractivity contribution is 7.10. The van der Waals surface area contributed by atoms with Gasteiger partial charge in [0.2, 0.25) is 0 Å². The van der Waals surface area contributed by atoms with Gasteiger partial charge in [-0.25, -0.2) is 0 Å². The van der Waals surface area contributed by atoms with Crippen LogP contribution in [0.3, 0.4) is 0 Å². The molecule has 0 saturated heterocycles. The van der Waals surface area contributed by atoms with E-state index < -0.39 is 0 Å². The van der Waals surface area contributed by atoms with Gasteiger partial charge in [0.05, 0.1) is 13.2 Å². The number of benzene rings is 1. The largest absolute Gasteiger partial charge is 0.496 e. The minimum Gasteiger partial charge on any atom is -0.496 e. The Hall–Kier alpha value is -1.72. The van der Waals surface area contributed by atoms with Gasteiger partial charge < -0.3 is 19.9 Å². The third-order valence-corrected chi connectivity index (χ3v) is 4.06. The molecule has 1 aromatic carbocycles. The van der Waals surface area contributed by atoms with Gasteiger partial charge in [0.1, 0.15) is 19.0 Å². The van der Waals surface area contributed by atoms with Crippen molar-refractivity contribution in [3.63, 3.8) is 0 Å². The first-order valence-electron chi connectivity index (χ1n) is 6.05. The minimum atomic E-state index is -0.176. The van der Waals surface area contributed by atoms with Gasteiger partial charge in [-0.05, 0) is 23.8 Å². The number of fused-ring (bicyclic) bond motifs is 1. The van der Waals surface area contributed by atoms with E-state index in [4.69, 9.17) is 19.9 Å². The van der Waals surface area contributed by atoms with E-state index in [9.17, 15) is 0 Å². The lowest BCUT2D eigenvalue weighted by molar-refractivity contribution is 0.171. The Morgan fingerprint density at radius 1 is 1.21 bits per heavy atom. The third kappa shape index (κ3) is 2.39. The molecule has 1 aliphatic heterocycles. The summed E-state index contributed by atoms with van der Waals surface area (Å²) in [6, 6.07) is 7.63. The Morgan fingerprint density at radius 2 is 2.00 bits per heavy atom. The van der Waals surface area contributed by atoms with Gasteiger partial charge in [-0.1, -0.05) is 6.07 Å². The molecule has 0 saturated carbocycles.